The van der Waals surface area contributed by atoms with Gasteiger partial charge in [-0.3, -0.25) is 18.8 Å². The summed E-state index contributed by atoms with van der Waals surface area (Å²) in [6.07, 6.45) is 2.18. The number of benzene rings is 1. The van der Waals surface area contributed by atoms with Gasteiger partial charge in [-0.2, -0.15) is 0 Å². The molecule has 2 aromatic rings. The molecule has 0 unspecified atom stereocenters. The van der Waals surface area contributed by atoms with Crippen LogP contribution in [0.25, 0.3) is 0 Å². The molecule has 1 atom stereocenters. The molecule has 1 saturated heterocycles. The second kappa shape index (κ2) is 7.27. The molecule has 6 nitrogen and oxygen atoms in total. The van der Waals surface area contributed by atoms with Crippen molar-refractivity contribution in [1.29, 1.82) is 0 Å². The van der Waals surface area contributed by atoms with Crippen molar-refractivity contribution in [3.63, 3.8) is 0 Å². The summed E-state index contributed by atoms with van der Waals surface area (Å²) in [5, 5.41) is 0. The first kappa shape index (κ1) is 17.5. The monoisotopic (exact) mass is 343 g/mol. The summed E-state index contributed by atoms with van der Waals surface area (Å²) in [7, 11) is 3.23. The molecule has 0 amide bonds. The van der Waals surface area contributed by atoms with E-state index in [0.717, 1.165) is 35.4 Å². The third-order valence-electron chi connectivity index (χ3n) is 4.93. The van der Waals surface area contributed by atoms with Gasteiger partial charge in [0.2, 0.25) is 0 Å². The molecule has 1 aromatic heterocycles. The van der Waals surface area contributed by atoms with Crippen molar-refractivity contribution >= 4 is 0 Å². The van der Waals surface area contributed by atoms with Gasteiger partial charge in [0.25, 0.3) is 5.56 Å². The second-order valence-corrected chi connectivity index (χ2v) is 6.51. The Labute approximate surface area is 147 Å². The maximum atomic E-state index is 12.1. The van der Waals surface area contributed by atoms with Crippen LogP contribution in [0.1, 0.15) is 37.1 Å². The van der Waals surface area contributed by atoms with Crippen molar-refractivity contribution in [2.24, 2.45) is 14.1 Å². The minimum absolute atomic E-state index is 0.255. The predicted molar refractivity (Wildman–Crippen MR) is 96.9 cm³/mol. The van der Waals surface area contributed by atoms with Gasteiger partial charge in [0.15, 0.2) is 0 Å². The van der Waals surface area contributed by atoms with E-state index in [9.17, 15) is 9.59 Å². The summed E-state index contributed by atoms with van der Waals surface area (Å²) in [4.78, 5) is 26.4. The minimum Gasteiger partial charge on any atom is -0.494 e. The number of ether oxygens (including phenoxy) is 1. The highest BCUT2D eigenvalue weighted by Gasteiger charge is 2.26. The van der Waals surface area contributed by atoms with E-state index in [-0.39, 0.29) is 11.2 Å². The van der Waals surface area contributed by atoms with Crippen molar-refractivity contribution in [1.82, 2.24) is 14.0 Å². The molecule has 25 heavy (non-hydrogen) atoms. The second-order valence-electron chi connectivity index (χ2n) is 6.51. The smallest absolute Gasteiger partial charge is 0.330 e. The molecule has 6 heteroatoms. The zero-order valence-corrected chi connectivity index (χ0v) is 15.1. The summed E-state index contributed by atoms with van der Waals surface area (Å²) >= 11 is 0. The zero-order chi connectivity index (χ0) is 18.0. The summed E-state index contributed by atoms with van der Waals surface area (Å²) < 4.78 is 8.21. The highest BCUT2D eigenvalue weighted by Crippen LogP contribution is 2.33. The molecule has 1 aliphatic heterocycles. The van der Waals surface area contributed by atoms with Crippen molar-refractivity contribution < 1.29 is 4.74 Å². The van der Waals surface area contributed by atoms with Gasteiger partial charge in [0.1, 0.15) is 5.75 Å². The number of likely N-dealkylation sites (tertiary alicyclic amines) is 1. The Balaban J connectivity index is 1.83. The van der Waals surface area contributed by atoms with Crippen LogP contribution in [0, 0.1) is 0 Å². The maximum absolute atomic E-state index is 12.1. The normalized spacial score (nSPS) is 17.8. The van der Waals surface area contributed by atoms with E-state index in [0.29, 0.717) is 19.2 Å². The van der Waals surface area contributed by atoms with Crippen molar-refractivity contribution in [3.05, 3.63) is 62.4 Å². The Hall–Kier alpha value is -2.34. The molecular formula is C19H25N3O3. The van der Waals surface area contributed by atoms with Gasteiger partial charge in [0.05, 0.1) is 6.61 Å². The maximum Gasteiger partial charge on any atom is 0.330 e. The SMILES string of the molecule is CCOc1ccc([C@@H]2CCCN2Cc2cc(=O)n(C)c(=O)n2C)cc1. The van der Waals surface area contributed by atoms with Crippen LogP contribution in [0.5, 0.6) is 5.75 Å². The number of nitrogens with zero attached hydrogens (tertiary/aromatic N) is 3. The first-order chi connectivity index (χ1) is 12.0. The molecule has 0 spiro atoms. The Morgan fingerprint density at radius 3 is 2.52 bits per heavy atom. The van der Waals surface area contributed by atoms with Gasteiger partial charge in [-0.25, -0.2) is 4.79 Å². The van der Waals surface area contributed by atoms with E-state index >= 15 is 0 Å². The van der Waals surface area contributed by atoms with E-state index in [4.69, 9.17) is 4.74 Å². The number of hydrogen-bond acceptors (Lipinski definition) is 4. The van der Waals surface area contributed by atoms with Gasteiger partial charge in [-0.05, 0) is 44.0 Å². The van der Waals surface area contributed by atoms with Crippen LogP contribution in [0.4, 0.5) is 0 Å². The van der Waals surface area contributed by atoms with Gasteiger partial charge >= 0.3 is 5.69 Å². The first-order valence-electron chi connectivity index (χ1n) is 8.74. The Bertz CT molecular complexity index is 852. The topological polar surface area (TPSA) is 56.5 Å². The third kappa shape index (κ3) is 3.54. The number of hydrogen-bond donors (Lipinski definition) is 0. The van der Waals surface area contributed by atoms with Gasteiger partial charge in [-0.15, -0.1) is 0 Å². The molecule has 1 aromatic carbocycles. The molecule has 134 valence electrons. The fourth-order valence-corrected chi connectivity index (χ4v) is 3.48. The minimum atomic E-state index is -0.278. The molecule has 0 aliphatic carbocycles. The van der Waals surface area contributed by atoms with Crippen LogP contribution in [-0.4, -0.2) is 27.2 Å². The van der Waals surface area contributed by atoms with Gasteiger partial charge in [-0.1, -0.05) is 12.1 Å². The number of rotatable bonds is 5. The zero-order valence-electron chi connectivity index (χ0n) is 15.1. The Morgan fingerprint density at radius 1 is 1.12 bits per heavy atom. The van der Waals surface area contributed by atoms with Gasteiger partial charge < -0.3 is 4.74 Å². The lowest BCUT2D eigenvalue weighted by Gasteiger charge is -2.26. The quantitative estimate of drug-likeness (QED) is 0.831. The predicted octanol–water partition coefficient (Wildman–Crippen LogP) is 1.82. The average molecular weight is 343 g/mol. The van der Waals surface area contributed by atoms with E-state index in [1.807, 2.05) is 19.1 Å². The van der Waals surface area contributed by atoms with E-state index < -0.39 is 0 Å². The van der Waals surface area contributed by atoms with Crippen LogP contribution in [0.2, 0.25) is 0 Å². The van der Waals surface area contributed by atoms with Crippen molar-refractivity contribution in [3.8, 4) is 5.75 Å². The molecule has 2 heterocycles. The standard InChI is InChI=1S/C19H25N3O3/c1-4-25-16-9-7-14(8-10-16)17-6-5-11-22(17)13-15-12-18(23)21(3)19(24)20(15)2/h7-10,12,17H,4-6,11,13H2,1-3H3/t17-/m0/s1. The van der Waals surface area contributed by atoms with Crippen LogP contribution in [-0.2, 0) is 20.6 Å². The number of aromatic nitrogens is 2. The average Bonchev–Trinajstić information content (AvgIpc) is 3.07. The lowest BCUT2D eigenvalue weighted by Crippen LogP contribution is -2.39. The molecule has 1 fully saturated rings. The molecule has 0 radical (unpaired) electrons. The molecule has 0 saturated carbocycles. The summed E-state index contributed by atoms with van der Waals surface area (Å²) in [5.74, 6) is 0.879. The van der Waals surface area contributed by atoms with E-state index in [2.05, 4.69) is 17.0 Å². The van der Waals surface area contributed by atoms with Crippen LogP contribution >= 0.6 is 0 Å². The Morgan fingerprint density at radius 2 is 1.84 bits per heavy atom. The fraction of sp³-hybridized carbons (Fsp3) is 0.474. The van der Waals surface area contributed by atoms with E-state index in [1.165, 1.54) is 12.6 Å². The van der Waals surface area contributed by atoms with Crippen LogP contribution in [0.3, 0.4) is 0 Å². The van der Waals surface area contributed by atoms with Crippen LogP contribution < -0.4 is 16.0 Å². The van der Waals surface area contributed by atoms with Gasteiger partial charge in [0, 0.05) is 38.4 Å². The highest BCUT2D eigenvalue weighted by atomic mass is 16.5. The Kier molecular flexibility index (Phi) is 5.08. The largest absolute Gasteiger partial charge is 0.494 e. The summed E-state index contributed by atoms with van der Waals surface area (Å²) in [5.41, 5.74) is 1.47. The first-order valence-corrected chi connectivity index (χ1v) is 8.74. The lowest BCUT2D eigenvalue weighted by atomic mass is 10.0. The molecule has 1 aliphatic rings. The fourth-order valence-electron chi connectivity index (χ4n) is 3.48. The van der Waals surface area contributed by atoms with E-state index in [1.54, 1.807) is 17.7 Å². The molecule has 3 rings (SSSR count). The molecule has 0 bridgehead atoms. The highest BCUT2D eigenvalue weighted by molar-refractivity contribution is 5.29. The van der Waals surface area contributed by atoms with Crippen molar-refractivity contribution in [2.75, 3.05) is 13.2 Å². The lowest BCUT2D eigenvalue weighted by molar-refractivity contribution is 0.241. The van der Waals surface area contributed by atoms with Crippen molar-refractivity contribution in [2.45, 2.75) is 32.4 Å². The molecule has 0 N–H and O–H groups in total. The summed E-state index contributed by atoms with van der Waals surface area (Å²) in [6.45, 7) is 4.19. The van der Waals surface area contributed by atoms with Crippen LogP contribution in [0.15, 0.2) is 39.9 Å². The summed E-state index contributed by atoms with van der Waals surface area (Å²) in [6, 6.07) is 10.1. The molecular weight excluding hydrogens is 318 g/mol. The third-order valence-corrected chi connectivity index (χ3v) is 4.93.